The van der Waals surface area contributed by atoms with Crippen LogP contribution in [0.1, 0.15) is 12.0 Å². The summed E-state index contributed by atoms with van der Waals surface area (Å²) < 4.78 is 12.7. The second-order valence-corrected chi connectivity index (χ2v) is 4.83. The summed E-state index contributed by atoms with van der Waals surface area (Å²) in [6, 6.07) is 5.65. The zero-order chi connectivity index (χ0) is 14.0. The minimum Gasteiger partial charge on any atom is -0.480 e. The zero-order valence-corrected chi connectivity index (χ0v) is 10.3. The predicted molar refractivity (Wildman–Crippen MR) is 65.9 cm³/mol. The number of aliphatic carboxylic acids is 1. The number of amides is 1. The SMILES string of the molecule is NC1(C(=O)O)CCN(C(=O)Cc2ccc(F)cc2)C1. The highest BCUT2D eigenvalue weighted by Gasteiger charge is 2.42. The van der Waals surface area contributed by atoms with E-state index in [9.17, 15) is 14.0 Å². The molecule has 0 bridgehead atoms. The van der Waals surface area contributed by atoms with Gasteiger partial charge in [-0.1, -0.05) is 12.1 Å². The van der Waals surface area contributed by atoms with Gasteiger partial charge in [0.15, 0.2) is 0 Å². The van der Waals surface area contributed by atoms with E-state index in [0.29, 0.717) is 12.1 Å². The quantitative estimate of drug-likeness (QED) is 0.828. The average Bonchev–Trinajstić information content (AvgIpc) is 2.76. The van der Waals surface area contributed by atoms with E-state index < -0.39 is 11.5 Å². The lowest BCUT2D eigenvalue weighted by Gasteiger charge is -2.20. The van der Waals surface area contributed by atoms with E-state index >= 15 is 0 Å². The Labute approximate surface area is 109 Å². The first kappa shape index (κ1) is 13.5. The van der Waals surface area contributed by atoms with Gasteiger partial charge in [0.05, 0.1) is 6.42 Å². The van der Waals surface area contributed by atoms with Crippen LogP contribution in [-0.2, 0) is 16.0 Å². The Morgan fingerprint density at radius 1 is 1.37 bits per heavy atom. The monoisotopic (exact) mass is 266 g/mol. The Kier molecular flexibility index (Phi) is 3.53. The standard InChI is InChI=1S/C13H15FN2O3/c14-10-3-1-9(2-4-10)7-11(17)16-6-5-13(15,8-16)12(18)19/h1-4H,5-8,15H2,(H,18,19). The maximum absolute atomic E-state index is 12.7. The van der Waals surface area contributed by atoms with Crippen LogP contribution >= 0.6 is 0 Å². The van der Waals surface area contributed by atoms with Crippen molar-refractivity contribution in [3.8, 4) is 0 Å². The van der Waals surface area contributed by atoms with Crippen molar-refractivity contribution in [1.82, 2.24) is 4.90 Å². The third-order valence-corrected chi connectivity index (χ3v) is 3.35. The number of hydrogen-bond acceptors (Lipinski definition) is 3. The van der Waals surface area contributed by atoms with Gasteiger partial charge in [-0.2, -0.15) is 0 Å². The number of carbonyl (C=O) groups is 2. The molecule has 1 aliphatic rings. The van der Waals surface area contributed by atoms with Crippen LogP contribution in [0.25, 0.3) is 0 Å². The van der Waals surface area contributed by atoms with E-state index in [4.69, 9.17) is 10.8 Å². The summed E-state index contributed by atoms with van der Waals surface area (Å²) in [5, 5.41) is 8.99. The lowest BCUT2D eigenvalue weighted by Crippen LogP contribution is -2.50. The van der Waals surface area contributed by atoms with Crippen molar-refractivity contribution in [2.45, 2.75) is 18.4 Å². The van der Waals surface area contributed by atoms with Gasteiger partial charge in [-0.3, -0.25) is 9.59 Å². The van der Waals surface area contributed by atoms with E-state index in [0.717, 1.165) is 0 Å². The van der Waals surface area contributed by atoms with Crippen LogP contribution in [0.2, 0.25) is 0 Å². The lowest BCUT2D eigenvalue weighted by atomic mass is 10.0. The van der Waals surface area contributed by atoms with Crippen LogP contribution in [0.5, 0.6) is 0 Å². The summed E-state index contributed by atoms with van der Waals surface area (Å²) in [7, 11) is 0. The molecule has 1 saturated heterocycles. The summed E-state index contributed by atoms with van der Waals surface area (Å²) in [6.07, 6.45) is 0.369. The number of likely N-dealkylation sites (tertiary alicyclic amines) is 1. The highest BCUT2D eigenvalue weighted by atomic mass is 19.1. The fourth-order valence-electron chi connectivity index (χ4n) is 2.11. The number of carboxylic acid groups (broad SMARTS) is 1. The minimum atomic E-state index is -1.35. The van der Waals surface area contributed by atoms with Gasteiger partial charge in [-0.25, -0.2) is 4.39 Å². The molecule has 5 nitrogen and oxygen atoms in total. The van der Waals surface area contributed by atoms with E-state index in [-0.39, 0.29) is 31.1 Å². The van der Waals surface area contributed by atoms with Gasteiger partial charge in [-0.15, -0.1) is 0 Å². The third kappa shape index (κ3) is 2.90. The minimum absolute atomic E-state index is 0.0162. The van der Waals surface area contributed by atoms with Crippen molar-refractivity contribution in [3.63, 3.8) is 0 Å². The van der Waals surface area contributed by atoms with Gasteiger partial charge >= 0.3 is 5.97 Å². The smallest absolute Gasteiger partial charge is 0.325 e. The van der Waals surface area contributed by atoms with Crippen LogP contribution in [0, 0.1) is 5.82 Å². The molecule has 0 aliphatic carbocycles. The average molecular weight is 266 g/mol. The van der Waals surface area contributed by atoms with Gasteiger partial charge < -0.3 is 15.7 Å². The molecule has 1 aromatic rings. The molecule has 1 aromatic carbocycles. The van der Waals surface area contributed by atoms with E-state index in [1.165, 1.54) is 29.2 Å². The molecule has 0 aromatic heterocycles. The highest BCUT2D eigenvalue weighted by Crippen LogP contribution is 2.20. The Hall–Kier alpha value is -1.95. The molecule has 1 fully saturated rings. The van der Waals surface area contributed by atoms with E-state index in [1.54, 1.807) is 0 Å². The van der Waals surface area contributed by atoms with Crippen LogP contribution in [0.15, 0.2) is 24.3 Å². The maximum atomic E-state index is 12.7. The molecule has 0 saturated carbocycles. The van der Waals surface area contributed by atoms with Crippen LogP contribution in [0.3, 0.4) is 0 Å². The van der Waals surface area contributed by atoms with E-state index in [1.807, 2.05) is 0 Å². The molecule has 2 rings (SSSR count). The first-order chi connectivity index (χ1) is 8.90. The van der Waals surface area contributed by atoms with Crippen molar-refractivity contribution in [2.24, 2.45) is 5.73 Å². The topological polar surface area (TPSA) is 83.6 Å². The molecular formula is C13H15FN2O3. The number of nitrogens with two attached hydrogens (primary N) is 1. The highest BCUT2D eigenvalue weighted by molar-refractivity contribution is 5.84. The number of halogens is 1. The number of nitrogens with zero attached hydrogens (tertiary/aromatic N) is 1. The summed E-state index contributed by atoms with van der Waals surface area (Å²) in [4.78, 5) is 24.4. The molecule has 1 amide bonds. The molecule has 0 radical (unpaired) electrons. The molecule has 0 spiro atoms. The van der Waals surface area contributed by atoms with Crippen molar-refractivity contribution in [1.29, 1.82) is 0 Å². The van der Waals surface area contributed by atoms with Crippen LogP contribution in [-0.4, -0.2) is 40.5 Å². The summed E-state index contributed by atoms with van der Waals surface area (Å²) in [5.74, 6) is -1.64. The molecule has 1 aliphatic heterocycles. The summed E-state index contributed by atoms with van der Waals surface area (Å²) >= 11 is 0. The second-order valence-electron chi connectivity index (χ2n) is 4.83. The molecule has 1 unspecified atom stereocenters. The van der Waals surface area contributed by atoms with E-state index in [2.05, 4.69) is 0 Å². The summed E-state index contributed by atoms with van der Waals surface area (Å²) in [5.41, 5.74) is 5.04. The number of rotatable bonds is 3. The Morgan fingerprint density at radius 2 is 2.00 bits per heavy atom. The number of carboxylic acids is 1. The molecule has 102 valence electrons. The van der Waals surface area contributed by atoms with Crippen molar-refractivity contribution in [2.75, 3.05) is 13.1 Å². The normalized spacial score (nSPS) is 22.5. The number of hydrogen-bond donors (Lipinski definition) is 2. The fraction of sp³-hybridized carbons (Fsp3) is 0.385. The van der Waals surface area contributed by atoms with Gasteiger partial charge in [0.25, 0.3) is 0 Å². The molecular weight excluding hydrogens is 251 g/mol. The number of benzene rings is 1. The molecule has 19 heavy (non-hydrogen) atoms. The van der Waals surface area contributed by atoms with Gasteiger partial charge in [0.1, 0.15) is 11.4 Å². The van der Waals surface area contributed by atoms with Crippen LogP contribution in [0.4, 0.5) is 4.39 Å². The van der Waals surface area contributed by atoms with Crippen molar-refractivity contribution < 1.29 is 19.1 Å². The first-order valence-electron chi connectivity index (χ1n) is 5.95. The zero-order valence-electron chi connectivity index (χ0n) is 10.3. The largest absolute Gasteiger partial charge is 0.480 e. The van der Waals surface area contributed by atoms with Crippen molar-refractivity contribution >= 4 is 11.9 Å². The fourth-order valence-corrected chi connectivity index (χ4v) is 2.11. The third-order valence-electron chi connectivity index (χ3n) is 3.35. The van der Waals surface area contributed by atoms with Crippen LogP contribution < -0.4 is 5.73 Å². The molecule has 3 N–H and O–H groups in total. The maximum Gasteiger partial charge on any atom is 0.325 e. The van der Waals surface area contributed by atoms with Gasteiger partial charge in [0.2, 0.25) is 5.91 Å². The predicted octanol–water partition coefficient (Wildman–Crippen LogP) is 0.383. The Morgan fingerprint density at radius 3 is 2.53 bits per heavy atom. The first-order valence-corrected chi connectivity index (χ1v) is 5.95. The number of carbonyl (C=O) groups excluding carboxylic acids is 1. The van der Waals surface area contributed by atoms with Gasteiger partial charge in [0, 0.05) is 13.1 Å². The summed E-state index contributed by atoms with van der Waals surface area (Å²) in [6.45, 7) is 0.352. The second kappa shape index (κ2) is 4.97. The lowest BCUT2D eigenvalue weighted by molar-refractivity contribution is -0.143. The Bertz CT molecular complexity index is 503. The van der Waals surface area contributed by atoms with Gasteiger partial charge in [-0.05, 0) is 24.1 Å². The molecule has 1 heterocycles. The Balaban J connectivity index is 1.98. The molecule has 1 atom stereocenters. The van der Waals surface area contributed by atoms with Crippen molar-refractivity contribution in [3.05, 3.63) is 35.6 Å². The molecule has 6 heteroatoms.